The monoisotopic (exact) mass is 939 g/mol. The number of hydrazine groups is 1. The molecule has 4 heterocycles. The molecule has 3 atom stereocenters. The lowest BCUT2D eigenvalue weighted by Crippen LogP contribution is -2.62. The summed E-state index contributed by atoms with van der Waals surface area (Å²) in [6.07, 6.45) is 5.48. The van der Waals surface area contributed by atoms with Crippen LogP contribution in [0.15, 0.2) is 95.2 Å². The zero-order chi connectivity index (χ0) is 49.2. The van der Waals surface area contributed by atoms with Gasteiger partial charge in [0.25, 0.3) is 5.91 Å². The van der Waals surface area contributed by atoms with Crippen molar-refractivity contribution in [2.75, 3.05) is 41.0 Å². The number of likely N-dealkylation sites (N-methyl/N-ethyl adjacent to an activating group) is 1. The Morgan fingerprint density at radius 2 is 1.78 bits per heavy atom. The Morgan fingerprint density at radius 1 is 1.01 bits per heavy atom. The number of cyclic esters (lactones) is 1. The molecule has 0 aliphatic carbocycles. The number of rotatable bonds is 14. The maximum atomic E-state index is 14.7. The first-order valence-electron chi connectivity index (χ1n) is 23.9. The van der Waals surface area contributed by atoms with Crippen molar-refractivity contribution >= 4 is 46.3 Å². The van der Waals surface area contributed by atoms with Gasteiger partial charge >= 0.3 is 5.97 Å². The third kappa shape index (κ3) is 11.9. The number of ether oxygens (including phenoxy) is 3. The van der Waals surface area contributed by atoms with Crippen molar-refractivity contribution < 1.29 is 33.4 Å². The molecule has 364 valence electrons. The number of para-hydroxylation sites is 1. The molecule has 0 radical (unpaired) electrons. The van der Waals surface area contributed by atoms with E-state index in [0.29, 0.717) is 51.3 Å². The number of hydrogen-bond acceptors (Lipinski definition) is 11. The number of methoxy groups -OCH3 is 2. The largest absolute Gasteiger partial charge is 0.464 e. The molecule has 15 heteroatoms. The molecule has 5 aromatic rings. The molecule has 7 rings (SSSR count). The van der Waals surface area contributed by atoms with Crippen molar-refractivity contribution in [3.05, 3.63) is 107 Å². The van der Waals surface area contributed by atoms with E-state index in [9.17, 15) is 19.2 Å². The molecule has 6 bridgehead atoms. The average Bonchev–Trinajstić information content (AvgIpc) is 3.64. The lowest BCUT2D eigenvalue weighted by Gasteiger charge is -2.36. The maximum Gasteiger partial charge on any atom is 0.324 e. The number of aryl methyl sites for hydroxylation is 1. The van der Waals surface area contributed by atoms with Crippen LogP contribution in [0, 0.1) is 11.3 Å². The Kier molecular flexibility index (Phi) is 16.6. The van der Waals surface area contributed by atoms with E-state index in [1.165, 1.54) is 9.91 Å². The number of esters is 1. The molecule has 0 saturated carbocycles. The molecular weight excluding hydrogens is 873 g/mol. The number of nitrogens with one attached hydrogen (secondary N) is 2. The van der Waals surface area contributed by atoms with Crippen LogP contribution < -0.4 is 10.7 Å². The average molecular weight is 939 g/mol. The molecule has 2 aromatic heterocycles. The molecule has 69 heavy (non-hydrogen) atoms. The van der Waals surface area contributed by atoms with E-state index in [0.717, 1.165) is 55.5 Å². The second-order valence-corrected chi connectivity index (χ2v) is 19.1. The van der Waals surface area contributed by atoms with E-state index in [4.69, 9.17) is 14.2 Å². The van der Waals surface area contributed by atoms with E-state index in [2.05, 4.69) is 87.4 Å². The van der Waals surface area contributed by atoms with Gasteiger partial charge in [0.15, 0.2) is 0 Å². The van der Waals surface area contributed by atoms with Crippen LogP contribution in [-0.4, -0.2) is 108 Å². The predicted octanol–water partition coefficient (Wildman–Crippen LogP) is 7.71. The van der Waals surface area contributed by atoms with Gasteiger partial charge in [0.05, 0.1) is 43.8 Å². The highest BCUT2D eigenvalue weighted by molar-refractivity contribution is 5.96. The van der Waals surface area contributed by atoms with Gasteiger partial charge in [-0.15, -0.1) is 0 Å². The van der Waals surface area contributed by atoms with Gasteiger partial charge in [-0.2, -0.15) is 4.99 Å². The molecule has 2 N–H and O–H groups in total. The van der Waals surface area contributed by atoms with Crippen LogP contribution >= 0.6 is 0 Å². The van der Waals surface area contributed by atoms with Crippen molar-refractivity contribution in [3.63, 3.8) is 0 Å². The summed E-state index contributed by atoms with van der Waals surface area (Å²) in [6.45, 7) is 12.2. The van der Waals surface area contributed by atoms with Crippen LogP contribution in [0.25, 0.3) is 33.3 Å². The smallest absolute Gasteiger partial charge is 0.324 e. The predicted molar refractivity (Wildman–Crippen MR) is 266 cm³/mol. The first-order valence-corrected chi connectivity index (χ1v) is 23.9. The zero-order valence-corrected chi connectivity index (χ0v) is 41.2. The molecular formula is C54H66N8O7. The van der Waals surface area contributed by atoms with E-state index < -0.39 is 41.3 Å². The normalized spacial score (nSPS) is 17.7. The fraction of sp³-hybridized carbons (Fsp3) is 0.444. The van der Waals surface area contributed by atoms with Crippen LogP contribution in [-0.2, 0) is 66.0 Å². The summed E-state index contributed by atoms with van der Waals surface area (Å²) in [5, 5.41) is 5.58. The summed E-state index contributed by atoms with van der Waals surface area (Å²) in [6, 6.07) is 24.0. The van der Waals surface area contributed by atoms with Gasteiger partial charge in [-0.25, -0.2) is 10.4 Å². The lowest BCUT2D eigenvalue weighted by atomic mass is 9.84. The van der Waals surface area contributed by atoms with Gasteiger partial charge in [-0.1, -0.05) is 76.2 Å². The zero-order valence-electron chi connectivity index (χ0n) is 41.2. The van der Waals surface area contributed by atoms with Crippen molar-refractivity contribution in [3.8, 4) is 22.4 Å². The first kappa shape index (κ1) is 50.4. The minimum Gasteiger partial charge on any atom is -0.464 e. The van der Waals surface area contributed by atoms with E-state index >= 15 is 0 Å². The van der Waals surface area contributed by atoms with Gasteiger partial charge in [0.2, 0.25) is 11.8 Å². The molecule has 3 amide bonds. The third-order valence-electron chi connectivity index (χ3n) is 12.9. The van der Waals surface area contributed by atoms with E-state index in [1.54, 1.807) is 27.5 Å². The molecule has 1 fully saturated rings. The molecule has 1 unspecified atom stereocenters. The number of carbonyl (C=O) groups excluding carboxylic acids is 4. The van der Waals surface area contributed by atoms with Gasteiger partial charge in [0.1, 0.15) is 18.1 Å². The molecule has 2 aliphatic rings. The summed E-state index contributed by atoms with van der Waals surface area (Å²) >= 11 is 0. The van der Waals surface area contributed by atoms with Crippen molar-refractivity contribution in [2.45, 2.75) is 105 Å². The number of pyridine rings is 1. The number of fused-ring (bicyclic) bond motifs is 6. The van der Waals surface area contributed by atoms with Crippen molar-refractivity contribution in [2.24, 2.45) is 21.3 Å². The fourth-order valence-electron chi connectivity index (χ4n) is 9.55. The maximum absolute atomic E-state index is 14.7. The number of carbonyl (C=O) groups is 4. The fourth-order valence-corrected chi connectivity index (χ4v) is 9.55. The standard InChI is InChI=1S/C54H66N8O7/c1-9-61-47-20-19-38-28-41(47)42(50(61)43-30-55-23-21-39(43)31-67-7)29-54(4,5)33-69-53(66)45-18-13-25-62(59-45)52(65)46(27-36-14-12-16-37(38)26-36)58-51(64)49(35(2)3)60(6)48(63)22-24-56-34-57-44-17-11-10-15-40(44)32-68-8/h10-12,14-17,19-21,23,26,28,30,35,45-46,49,59H,9,13,18,22,24-25,27,29,31-33H2,1-8H3,(H,58,64)/t45-,46-,49?/m0/s1. The second kappa shape index (κ2) is 22.7. The first-order chi connectivity index (χ1) is 33.2. The summed E-state index contributed by atoms with van der Waals surface area (Å²) in [5.41, 5.74) is 12.2. The Bertz CT molecular complexity index is 2720. The summed E-state index contributed by atoms with van der Waals surface area (Å²) in [4.78, 5) is 71.2. The van der Waals surface area contributed by atoms with Crippen LogP contribution in [0.5, 0.6) is 0 Å². The van der Waals surface area contributed by atoms with Gasteiger partial charge < -0.3 is 29.0 Å². The highest BCUT2D eigenvalue weighted by Gasteiger charge is 2.37. The quantitative estimate of drug-likeness (QED) is 0.0837. The molecule has 1 saturated heterocycles. The SMILES string of the molecule is CCn1c(-c2cnccc2COC)c2c3cc(ccc31)-c1cccc(c1)C[C@H](NC(=O)C(C(C)C)N(C)C(=O)CCN=C=Nc1ccccc1COC)C(=O)N1CCC[C@H](N1)C(=O)OCC(C)(C)C2. The Hall–Kier alpha value is -6.51. The third-order valence-corrected chi connectivity index (χ3v) is 12.9. The second-order valence-electron chi connectivity index (χ2n) is 19.1. The Morgan fingerprint density at radius 3 is 2.55 bits per heavy atom. The summed E-state index contributed by atoms with van der Waals surface area (Å²) in [7, 11) is 4.90. The van der Waals surface area contributed by atoms with Crippen LogP contribution in [0.2, 0.25) is 0 Å². The number of benzene rings is 3. The Balaban J connectivity index is 1.21. The minimum absolute atomic E-state index is 0.0207. The van der Waals surface area contributed by atoms with Gasteiger partial charge in [-0.05, 0) is 84.2 Å². The highest BCUT2D eigenvalue weighted by Crippen LogP contribution is 2.41. The van der Waals surface area contributed by atoms with Crippen molar-refractivity contribution in [1.29, 1.82) is 0 Å². The Labute approximate surface area is 405 Å². The summed E-state index contributed by atoms with van der Waals surface area (Å²) in [5.74, 6) is -1.91. The van der Waals surface area contributed by atoms with Crippen LogP contribution in [0.4, 0.5) is 5.69 Å². The summed E-state index contributed by atoms with van der Waals surface area (Å²) < 4.78 is 19.4. The number of aromatic nitrogens is 2. The number of aliphatic imine (C=N–C) groups is 2. The molecule has 2 aliphatic heterocycles. The molecule has 15 nitrogen and oxygen atoms in total. The number of amides is 3. The van der Waals surface area contributed by atoms with Gasteiger partial charge in [-0.3, -0.25) is 29.2 Å². The van der Waals surface area contributed by atoms with Crippen molar-refractivity contribution in [1.82, 2.24) is 30.2 Å². The van der Waals surface area contributed by atoms with E-state index in [-0.39, 0.29) is 37.8 Å². The molecule has 3 aromatic carbocycles. The highest BCUT2D eigenvalue weighted by atomic mass is 16.5. The number of nitrogens with zero attached hydrogens (tertiary/aromatic N) is 6. The topological polar surface area (TPSA) is 169 Å². The van der Waals surface area contributed by atoms with Gasteiger partial charge in [0, 0.05) is 87.0 Å². The van der Waals surface area contributed by atoms with Crippen LogP contribution in [0.3, 0.4) is 0 Å². The lowest BCUT2D eigenvalue weighted by molar-refractivity contribution is -0.155. The van der Waals surface area contributed by atoms with E-state index in [1.807, 2.05) is 62.5 Å². The number of hydrogen-bond donors (Lipinski definition) is 2. The minimum atomic E-state index is -1.05. The molecule has 0 spiro atoms. The van der Waals surface area contributed by atoms with Crippen LogP contribution in [0.1, 0.15) is 76.1 Å².